The van der Waals surface area contributed by atoms with Crippen LogP contribution in [0.5, 0.6) is 11.5 Å². The predicted molar refractivity (Wildman–Crippen MR) is 109 cm³/mol. The molecule has 1 saturated heterocycles. The summed E-state index contributed by atoms with van der Waals surface area (Å²) in [7, 11) is 0. The van der Waals surface area contributed by atoms with Gasteiger partial charge in [0, 0.05) is 38.4 Å². The lowest BCUT2D eigenvalue weighted by atomic mass is 10.1. The summed E-state index contributed by atoms with van der Waals surface area (Å²) in [6.45, 7) is 3.33. The van der Waals surface area contributed by atoms with Crippen LogP contribution in [0.3, 0.4) is 0 Å². The molecule has 2 aromatic rings. The molecule has 2 heterocycles. The standard InChI is InChI=1S/C20H21ClN4O4/c21-15-10-14(2-3-16(15)22)23-19(26)20(27)25-7-5-24(6-8-25)11-13-1-4-17-18(9-13)29-12-28-17/h1-4,9-10H,5-8,11-12,22H2,(H,23,26). The van der Waals surface area contributed by atoms with Crippen molar-refractivity contribution in [2.75, 3.05) is 44.0 Å². The number of carbonyl (C=O) groups excluding carboxylic acids is 2. The number of amides is 2. The molecule has 0 saturated carbocycles. The summed E-state index contributed by atoms with van der Waals surface area (Å²) < 4.78 is 10.7. The fraction of sp³-hybridized carbons (Fsp3) is 0.300. The van der Waals surface area contributed by atoms with E-state index in [0.717, 1.165) is 23.6 Å². The van der Waals surface area contributed by atoms with E-state index >= 15 is 0 Å². The van der Waals surface area contributed by atoms with Crippen molar-refractivity contribution in [3.8, 4) is 11.5 Å². The molecular weight excluding hydrogens is 396 g/mol. The van der Waals surface area contributed by atoms with Crippen LogP contribution in [0.2, 0.25) is 5.02 Å². The van der Waals surface area contributed by atoms with E-state index in [1.807, 2.05) is 18.2 Å². The van der Waals surface area contributed by atoms with E-state index in [2.05, 4.69) is 10.2 Å². The normalized spacial score (nSPS) is 16.0. The molecule has 0 aliphatic carbocycles. The van der Waals surface area contributed by atoms with Gasteiger partial charge in [0.25, 0.3) is 0 Å². The minimum absolute atomic E-state index is 0.254. The number of ether oxygens (including phenoxy) is 2. The Morgan fingerprint density at radius 3 is 2.55 bits per heavy atom. The predicted octanol–water partition coefficient (Wildman–Crippen LogP) is 1.93. The Balaban J connectivity index is 1.28. The Morgan fingerprint density at radius 2 is 1.79 bits per heavy atom. The van der Waals surface area contributed by atoms with Crippen molar-refractivity contribution >= 4 is 34.8 Å². The lowest BCUT2D eigenvalue weighted by Crippen LogP contribution is -2.51. The Kier molecular flexibility index (Phi) is 5.46. The van der Waals surface area contributed by atoms with Gasteiger partial charge in [-0.1, -0.05) is 17.7 Å². The Hall–Kier alpha value is -2.97. The number of nitrogens with one attached hydrogen (secondary N) is 1. The highest BCUT2D eigenvalue weighted by Crippen LogP contribution is 2.32. The van der Waals surface area contributed by atoms with Crippen LogP contribution in [0.15, 0.2) is 36.4 Å². The molecule has 8 nitrogen and oxygen atoms in total. The second kappa shape index (κ2) is 8.18. The van der Waals surface area contributed by atoms with Gasteiger partial charge in [0.1, 0.15) is 0 Å². The molecule has 29 heavy (non-hydrogen) atoms. The van der Waals surface area contributed by atoms with Gasteiger partial charge >= 0.3 is 11.8 Å². The van der Waals surface area contributed by atoms with E-state index in [-0.39, 0.29) is 6.79 Å². The summed E-state index contributed by atoms with van der Waals surface area (Å²) in [4.78, 5) is 28.5. The van der Waals surface area contributed by atoms with Gasteiger partial charge in [0.05, 0.1) is 10.7 Å². The third-order valence-electron chi connectivity index (χ3n) is 4.96. The number of piperazine rings is 1. The zero-order valence-corrected chi connectivity index (χ0v) is 16.4. The van der Waals surface area contributed by atoms with Crippen LogP contribution in [-0.4, -0.2) is 54.6 Å². The number of nitrogen functional groups attached to an aromatic ring is 1. The van der Waals surface area contributed by atoms with Crippen LogP contribution in [0, 0.1) is 0 Å². The first-order chi connectivity index (χ1) is 14.0. The third kappa shape index (κ3) is 4.38. The van der Waals surface area contributed by atoms with Crippen LogP contribution < -0.4 is 20.5 Å². The van der Waals surface area contributed by atoms with Gasteiger partial charge in [-0.25, -0.2) is 0 Å². The van der Waals surface area contributed by atoms with E-state index < -0.39 is 11.8 Å². The summed E-state index contributed by atoms with van der Waals surface area (Å²) in [5.41, 5.74) is 7.62. The van der Waals surface area contributed by atoms with Crippen LogP contribution in [-0.2, 0) is 16.1 Å². The molecule has 2 aliphatic heterocycles. The van der Waals surface area contributed by atoms with Crippen LogP contribution in [0.25, 0.3) is 0 Å². The second-order valence-electron chi connectivity index (χ2n) is 6.95. The Bertz CT molecular complexity index is 944. The number of nitrogens with two attached hydrogens (primary N) is 1. The van der Waals surface area contributed by atoms with Crippen molar-refractivity contribution in [3.63, 3.8) is 0 Å². The molecule has 0 unspecified atom stereocenters. The molecule has 2 aliphatic rings. The van der Waals surface area contributed by atoms with E-state index in [4.69, 9.17) is 26.8 Å². The smallest absolute Gasteiger partial charge is 0.313 e. The largest absolute Gasteiger partial charge is 0.454 e. The molecular formula is C20H21ClN4O4. The highest BCUT2D eigenvalue weighted by Gasteiger charge is 2.26. The number of carbonyl (C=O) groups is 2. The van der Waals surface area contributed by atoms with Crippen molar-refractivity contribution in [2.24, 2.45) is 0 Å². The molecule has 2 aromatic carbocycles. The maximum absolute atomic E-state index is 12.5. The summed E-state index contributed by atoms with van der Waals surface area (Å²) in [5, 5.41) is 2.90. The van der Waals surface area contributed by atoms with Crippen molar-refractivity contribution in [3.05, 3.63) is 47.0 Å². The second-order valence-corrected chi connectivity index (χ2v) is 7.35. The molecule has 0 bridgehead atoms. The average Bonchev–Trinajstić information content (AvgIpc) is 3.18. The number of anilines is 2. The van der Waals surface area contributed by atoms with Gasteiger partial charge in [0.2, 0.25) is 6.79 Å². The monoisotopic (exact) mass is 416 g/mol. The van der Waals surface area contributed by atoms with Crippen molar-refractivity contribution in [2.45, 2.75) is 6.54 Å². The molecule has 0 radical (unpaired) electrons. The van der Waals surface area contributed by atoms with Crippen LogP contribution >= 0.6 is 11.6 Å². The number of hydrogen-bond acceptors (Lipinski definition) is 6. The summed E-state index contributed by atoms with van der Waals surface area (Å²) in [6, 6.07) is 10.6. The number of nitrogens with zero attached hydrogens (tertiary/aromatic N) is 2. The van der Waals surface area contributed by atoms with Crippen molar-refractivity contribution < 1.29 is 19.1 Å². The average molecular weight is 417 g/mol. The number of fused-ring (bicyclic) bond motifs is 1. The summed E-state index contributed by atoms with van der Waals surface area (Å²) in [6.07, 6.45) is 0. The van der Waals surface area contributed by atoms with Gasteiger partial charge < -0.3 is 25.4 Å². The van der Waals surface area contributed by atoms with Gasteiger partial charge in [0.15, 0.2) is 11.5 Å². The van der Waals surface area contributed by atoms with Crippen molar-refractivity contribution in [1.29, 1.82) is 0 Å². The molecule has 0 aromatic heterocycles. The molecule has 2 amide bonds. The number of hydrogen-bond donors (Lipinski definition) is 2. The Morgan fingerprint density at radius 1 is 1.03 bits per heavy atom. The molecule has 0 atom stereocenters. The maximum atomic E-state index is 12.5. The molecule has 152 valence electrons. The van der Waals surface area contributed by atoms with E-state index in [0.29, 0.717) is 42.6 Å². The van der Waals surface area contributed by atoms with Gasteiger partial charge in [-0.15, -0.1) is 0 Å². The van der Waals surface area contributed by atoms with Crippen molar-refractivity contribution in [1.82, 2.24) is 9.80 Å². The van der Waals surface area contributed by atoms with Gasteiger partial charge in [-0.3, -0.25) is 14.5 Å². The van der Waals surface area contributed by atoms with Gasteiger partial charge in [-0.2, -0.15) is 0 Å². The molecule has 1 fully saturated rings. The molecule has 9 heteroatoms. The maximum Gasteiger partial charge on any atom is 0.313 e. The lowest BCUT2D eigenvalue weighted by molar-refractivity contribution is -0.144. The fourth-order valence-corrected chi connectivity index (χ4v) is 3.52. The fourth-order valence-electron chi connectivity index (χ4n) is 3.34. The summed E-state index contributed by atoms with van der Waals surface area (Å²) in [5.74, 6) is 0.282. The van der Waals surface area contributed by atoms with Crippen LogP contribution in [0.1, 0.15) is 5.56 Å². The quantitative estimate of drug-likeness (QED) is 0.586. The molecule has 0 spiro atoms. The highest BCUT2D eigenvalue weighted by atomic mass is 35.5. The number of benzene rings is 2. The zero-order valence-electron chi connectivity index (χ0n) is 15.7. The minimum Gasteiger partial charge on any atom is -0.454 e. The SMILES string of the molecule is Nc1ccc(NC(=O)C(=O)N2CCN(Cc3ccc4c(c3)OCO4)CC2)cc1Cl. The molecule has 4 rings (SSSR count). The van der Waals surface area contributed by atoms with E-state index in [1.165, 1.54) is 6.07 Å². The minimum atomic E-state index is -0.685. The van der Waals surface area contributed by atoms with Gasteiger partial charge in [-0.05, 0) is 35.9 Å². The van der Waals surface area contributed by atoms with E-state index in [1.54, 1.807) is 17.0 Å². The van der Waals surface area contributed by atoms with Crippen LogP contribution in [0.4, 0.5) is 11.4 Å². The lowest BCUT2D eigenvalue weighted by Gasteiger charge is -2.34. The topological polar surface area (TPSA) is 97.1 Å². The Labute approximate surface area is 173 Å². The number of halogens is 1. The highest BCUT2D eigenvalue weighted by molar-refractivity contribution is 6.40. The summed E-state index contributed by atoms with van der Waals surface area (Å²) >= 11 is 5.95. The first kappa shape index (κ1) is 19.4. The van der Waals surface area contributed by atoms with E-state index in [9.17, 15) is 9.59 Å². The zero-order chi connectivity index (χ0) is 20.4. The first-order valence-corrected chi connectivity index (χ1v) is 9.63. The first-order valence-electron chi connectivity index (χ1n) is 9.26. The molecule has 3 N–H and O–H groups in total. The third-order valence-corrected chi connectivity index (χ3v) is 5.28. The number of rotatable bonds is 3.